The lowest BCUT2D eigenvalue weighted by Crippen LogP contribution is -2.27. The molecule has 0 saturated carbocycles. The van der Waals surface area contributed by atoms with Gasteiger partial charge >= 0.3 is 0 Å². The van der Waals surface area contributed by atoms with Crippen LogP contribution in [0.25, 0.3) is 0 Å². The Balaban J connectivity index is 2.27. The topological polar surface area (TPSA) is 12.4 Å². The first-order valence-corrected chi connectivity index (χ1v) is 11.2. The molecule has 3 aromatic rings. The largest absolute Gasteiger partial charge is 0.251 e. The second-order valence-corrected chi connectivity index (χ2v) is 10.6. The van der Waals surface area contributed by atoms with Gasteiger partial charge in [-0.1, -0.05) is 99.1 Å². The zero-order valence-electron chi connectivity index (χ0n) is 17.8. The second-order valence-electron chi connectivity index (χ2n) is 8.44. The molecule has 0 spiro atoms. The summed E-state index contributed by atoms with van der Waals surface area (Å²) < 4.78 is 0. The molecule has 0 fully saturated rings. The highest BCUT2D eigenvalue weighted by molar-refractivity contribution is 7.88. The molecule has 3 rings (SSSR count). The van der Waals surface area contributed by atoms with Gasteiger partial charge in [0.25, 0.3) is 0 Å². The van der Waals surface area contributed by atoms with Crippen molar-refractivity contribution < 1.29 is 0 Å². The van der Waals surface area contributed by atoms with Gasteiger partial charge in [0.15, 0.2) is 0 Å². The van der Waals surface area contributed by atoms with E-state index in [1.54, 1.807) is 0 Å². The highest BCUT2D eigenvalue weighted by atomic mass is 31.1. The minimum absolute atomic E-state index is 0.0405. The number of hydrogen-bond donors (Lipinski definition) is 0. The summed E-state index contributed by atoms with van der Waals surface area (Å²) in [5, 5.41) is 2.69. The van der Waals surface area contributed by atoms with Crippen molar-refractivity contribution >= 4 is 29.7 Å². The Hall–Kier alpha value is -2.24. The summed E-state index contributed by atoms with van der Waals surface area (Å²) in [5.41, 5.74) is 6.12. The van der Waals surface area contributed by atoms with E-state index < -0.39 is 7.92 Å². The lowest BCUT2D eigenvalue weighted by molar-refractivity contribution is 0.601. The molecule has 0 aromatic heterocycles. The summed E-state index contributed by atoms with van der Waals surface area (Å²) in [5.74, 6) is 0. The molecule has 2 heteroatoms. The quantitative estimate of drug-likeness (QED) is 0.344. The van der Waals surface area contributed by atoms with Gasteiger partial charge in [0.05, 0.1) is 11.1 Å². The third kappa shape index (κ3) is 4.59. The van der Waals surface area contributed by atoms with Gasteiger partial charge in [-0.15, -0.1) is 0 Å². The normalized spacial score (nSPS) is 12.5. The minimum Gasteiger partial charge on any atom is -0.251 e. The van der Waals surface area contributed by atoms with Gasteiger partial charge in [-0.05, 0) is 42.5 Å². The highest BCUT2D eigenvalue weighted by Gasteiger charge is 2.30. The molecule has 0 aliphatic carbocycles. The Morgan fingerprint density at radius 1 is 0.714 bits per heavy atom. The van der Waals surface area contributed by atoms with E-state index in [2.05, 4.69) is 114 Å². The van der Waals surface area contributed by atoms with Crippen molar-refractivity contribution in [3.8, 4) is 0 Å². The fourth-order valence-corrected chi connectivity index (χ4v) is 6.15. The Morgan fingerprint density at radius 2 is 1.14 bits per heavy atom. The van der Waals surface area contributed by atoms with Crippen LogP contribution in [-0.2, 0) is 0 Å². The minimum atomic E-state index is -0.708. The number of aliphatic imine (C=N–C) groups is 1. The van der Waals surface area contributed by atoms with E-state index in [1.807, 2.05) is 0 Å². The highest BCUT2D eigenvalue weighted by Crippen LogP contribution is 2.45. The first-order chi connectivity index (χ1) is 13.3. The van der Waals surface area contributed by atoms with Crippen LogP contribution >= 0.6 is 7.92 Å². The van der Waals surface area contributed by atoms with Gasteiger partial charge in [0.1, 0.15) is 0 Å². The standard InChI is InChI=1S/C26H30NP/c1-19-17-20(2)24(21(3)18-19)27-25(26(4,5)6)28(22-13-9-7-10-14-22)23-15-11-8-12-16-23/h7-18H,1-6H3. The molecule has 0 radical (unpaired) electrons. The molecule has 0 heterocycles. The van der Waals surface area contributed by atoms with E-state index in [0.717, 1.165) is 5.69 Å². The van der Waals surface area contributed by atoms with Gasteiger partial charge in [-0.25, -0.2) is 0 Å². The first-order valence-electron chi connectivity index (χ1n) is 9.84. The smallest absolute Gasteiger partial charge is 0.0692 e. The maximum atomic E-state index is 5.37. The van der Waals surface area contributed by atoms with E-state index in [-0.39, 0.29) is 5.41 Å². The maximum absolute atomic E-state index is 5.37. The van der Waals surface area contributed by atoms with Crippen LogP contribution in [0.15, 0.2) is 77.8 Å². The summed E-state index contributed by atoms with van der Waals surface area (Å²) in [7, 11) is -0.708. The summed E-state index contributed by atoms with van der Waals surface area (Å²) in [6.45, 7) is 13.3. The van der Waals surface area contributed by atoms with Crippen LogP contribution in [0, 0.1) is 26.2 Å². The Bertz CT molecular complexity index is 904. The average Bonchev–Trinajstić information content (AvgIpc) is 2.64. The zero-order valence-corrected chi connectivity index (χ0v) is 18.7. The summed E-state index contributed by atoms with van der Waals surface area (Å²) in [6, 6.07) is 26.2. The van der Waals surface area contributed by atoms with Crippen LogP contribution < -0.4 is 10.6 Å². The Labute approximate surface area is 171 Å². The molecule has 1 nitrogen and oxygen atoms in total. The van der Waals surface area contributed by atoms with E-state index in [9.17, 15) is 0 Å². The Kier molecular flexibility index (Phi) is 6.16. The van der Waals surface area contributed by atoms with Crippen LogP contribution in [0.3, 0.4) is 0 Å². The molecule has 0 unspecified atom stereocenters. The second kappa shape index (κ2) is 8.41. The van der Waals surface area contributed by atoms with Crippen molar-refractivity contribution in [2.45, 2.75) is 41.5 Å². The number of benzene rings is 3. The van der Waals surface area contributed by atoms with Crippen molar-refractivity contribution in [3.63, 3.8) is 0 Å². The van der Waals surface area contributed by atoms with Crippen LogP contribution in [0.5, 0.6) is 0 Å². The fourth-order valence-electron chi connectivity index (χ4n) is 3.56. The molecule has 0 atom stereocenters. The third-order valence-electron chi connectivity index (χ3n) is 4.76. The number of nitrogens with zero attached hydrogens (tertiary/aromatic N) is 1. The average molecular weight is 388 g/mol. The number of aryl methyl sites for hydroxylation is 3. The molecule has 0 saturated heterocycles. The van der Waals surface area contributed by atoms with Gasteiger partial charge in [0, 0.05) is 13.3 Å². The van der Waals surface area contributed by atoms with Crippen molar-refractivity contribution in [1.29, 1.82) is 0 Å². The third-order valence-corrected chi connectivity index (χ3v) is 7.59. The van der Waals surface area contributed by atoms with Crippen molar-refractivity contribution in [2.24, 2.45) is 10.4 Å². The molecule has 28 heavy (non-hydrogen) atoms. The number of hydrogen-bond acceptors (Lipinski definition) is 1. The molecule has 0 N–H and O–H groups in total. The predicted octanol–water partition coefficient (Wildman–Crippen LogP) is 6.82. The lowest BCUT2D eigenvalue weighted by atomic mass is 9.98. The van der Waals surface area contributed by atoms with Gasteiger partial charge < -0.3 is 0 Å². The molecule has 0 amide bonds. The van der Waals surface area contributed by atoms with E-state index in [4.69, 9.17) is 4.99 Å². The molecule has 3 aromatic carbocycles. The lowest BCUT2D eigenvalue weighted by Gasteiger charge is -2.30. The molecule has 144 valence electrons. The monoisotopic (exact) mass is 387 g/mol. The van der Waals surface area contributed by atoms with E-state index in [0.29, 0.717) is 0 Å². The molecule has 0 aliphatic rings. The van der Waals surface area contributed by atoms with Gasteiger partial charge in [-0.3, -0.25) is 4.99 Å². The zero-order chi connectivity index (χ0) is 20.3. The van der Waals surface area contributed by atoms with Crippen molar-refractivity contribution in [2.75, 3.05) is 0 Å². The summed E-state index contributed by atoms with van der Waals surface area (Å²) in [4.78, 5) is 5.37. The van der Waals surface area contributed by atoms with E-state index in [1.165, 1.54) is 32.8 Å². The summed E-state index contributed by atoms with van der Waals surface area (Å²) >= 11 is 0. The Morgan fingerprint density at radius 3 is 1.54 bits per heavy atom. The van der Waals surface area contributed by atoms with Crippen LogP contribution in [0.1, 0.15) is 37.5 Å². The number of rotatable bonds is 4. The fraction of sp³-hybridized carbons (Fsp3) is 0.269. The maximum Gasteiger partial charge on any atom is 0.0692 e. The first kappa shape index (κ1) is 20.5. The predicted molar refractivity (Wildman–Crippen MR) is 126 cm³/mol. The van der Waals surface area contributed by atoms with Crippen LogP contribution in [0.2, 0.25) is 0 Å². The van der Waals surface area contributed by atoms with Crippen molar-refractivity contribution in [1.82, 2.24) is 0 Å². The van der Waals surface area contributed by atoms with Crippen molar-refractivity contribution in [3.05, 3.63) is 89.5 Å². The van der Waals surface area contributed by atoms with E-state index >= 15 is 0 Å². The van der Waals surface area contributed by atoms with Crippen LogP contribution in [-0.4, -0.2) is 5.45 Å². The summed E-state index contributed by atoms with van der Waals surface area (Å²) in [6.07, 6.45) is 0. The molecule has 0 bridgehead atoms. The molecule has 0 aliphatic heterocycles. The van der Waals surface area contributed by atoms with Crippen LogP contribution in [0.4, 0.5) is 5.69 Å². The molecular formula is C26H30NP. The molecular weight excluding hydrogens is 357 g/mol. The SMILES string of the molecule is Cc1cc(C)c(N=C(P(c2ccccc2)c2ccccc2)C(C)(C)C)c(C)c1. The van der Waals surface area contributed by atoms with Gasteiger partial charge in [-0.2, -0.15) is 0 Å². The van der Waals surface area contributed by atoms with Gasteiger partial charge in [0.2, 0.25) is 0 Å².